The number of likely N-dealkylation sites (tertiary alicyclic amines) is 2. The molecule has 2 aliphatic heterocycles. The number of H-pyrrole nitrogens is 1. The molecule has 0 bridgehead atoms. The minimum atomic E-state index is 0.118. The molecule has 3 rings (SSSR count). The maximum absolute atomic E-state index is 12.5. The summed E-state index contributed by atoms with van der Waals surface area (Å²) >= 11 is 1.38. The Labute approximate surface area is 153 Å². The van der Waals surface area contributed by atoms with Crippen molar-refractivity contribution in [2.45, 2.75) is 37.8 Å². The van der Waals surface area contributed by atoms with E-state index in [-0.39, 0.29) is 18.4 Å². The van der Waals surface area contributed by atoms with Gasteiger partial charge in [0.15, 0.2) is 0 Å². The lowest BCUT2D eigenvalue weighted by Crippen LogP contribution is -2.37. The van der Waals surface area contributed by atoms with Crippen molar-refractivity contribution in [2.24, 2.45) is 11.8 Å². The van der Waals surface area contributed by atoms with E-state index < -0.39 is 0 Å². The van der Waals surface area contributed by atoms with Crippen molar-refractivity contribution >= 4 is 17.7 Å². The van der Waals surface area contributed by atoms with Gasteiger partial charge in [-0.15, -0.1) is 5.10 Å². The van der Waals surface area contributed by atoms with Crippen molar-refractivity contribution in [3.8, 4) is 0 Å². The van der Waals surface area contributed by atoms with E-state index in [1.54, 1.807) is 0 Å². The number of piperidine rings is 1. The first-order valence-corrected chi connectivity index (χ1v) is 10.3. The number of aliphatic hydroxyl groups is 1. The van der Waals surface area contributed by atoms with Crippen LogP contribution in [0.25, 0.3) is 0 Å². The zero-order valence-electron chi connectivity index (χ0n) is 15.0. The molecule has 1 aromatic heterocycles. The quantitative estimate of drug-likeness (QED) is 0.700. The molecule has 140 valence electrons. The molecule has 0 unspecified atom stereocenters. The summed E-state index contributed by atoms with van der Waals surface area (Å²) < 4.78 is 0. The predicted molar refractivity (Wildman–Crippen MR) is 97.4 cm³/mol. The highest BCUT2D eigenvalue weighted by Crippen LogP contribution is 2.26. The largest absolute Gasteiger partial charge is 0.396 e. The molecule has 25 heavy (non-hydrogen) atoms. The van der Waals surface area contributed by atoms with Crippen LogP contribution in [0.5, 0.6) is 0 Å². The van der Waals surface area contributed by atoms with Gasteiger partial charge in [-0.1, -0.05) is 25.1 Å². The normalized spacial score (nSPS) is 24.8. The summed E-state index contributed by atoms with van der Waals surface area (Å²) in [7, 11) is 0. The number of hydrogen-bond donors (Lipinski definition) is 2. The summed E-state index contributed by atoms with van der Waals surface area (Å²) in [4.78, 5) is 21.3. The molecule has 1 amide bonds. The Morgan fingerprint density at radius 2 is 2.04 bits per heavy atom. The van der Waals surface area contributed by atoms with Gasteiger partial charge in [0, 0.05) is 38.6 Å². The molecule has 1 aromatic rings. The van der Waals surface area contributed by atoms with Crippen LogP contribution < -0.4 is 0 Å². The van der Waals surface area contributed by atoms with Gasteiger partial charge in [-0.2, -0.15) is 0 Å². The highest BCUT2D eigenvalue weighted by molar-refractivity contribution is 7.99. The van der Waals surface area contributed by atoms with Gasteiger partial charge >= 0.3 is 0 Å². The topological polar surface area (TPSA) is 85.3 Å². The van der Waals surface area contributed by atoms with E-state index in [2.05, 4.69) is 20.1 Å². The van der Waals surface area contributed by atoms with Crippen LogP contribution in [0, 0.1) is 11.8 Å². The smallest absolute Gasteiger partial charge is 0.233 e. The lowest BCUT2D eigenvalue weighted by molar-refractivity contribution is -0.127. The van der Waals surface area contributed by atoms with Crippen molar-refractivity contribution < 1.29 is 9.90 Å². The predicted octanol–water partition coefficient (Wildman–Crippen LogP) is 1.01. The van der Waals surface area contributed by atoms with Gasteiger partial charge in [-0.3, -0.25) is 9.89 Å². The number of carbonyl (C=O) groups excluding carboxylic acids is 1. The Balaban J connectivity index is 1.49. The molecule has 8 heteroatoms. The summed E-state index contributed by atoms with van der Waals surface area (Å²) in [6.07, 6.45) is 4.68. The molecular formula is C17H29N5O2S. The van der Waals surface area contributed by atoms with Crippen molar-refractivity contribution in [3.63, 3.8) is 0 Å². The molecule has 2 aliphatic rings. The lowest BCUT2D eigenvalue weighted by atomic mass is 9.95. The van der Waals surface area contributed by atoms with E-state index in [1.165, 1.54) is 31.0 Å². The molecule has 0 radical (unpaired) electrons. The number of rotatable bonds is 7. The Bertz CT molecular complexity index is 561. The van der Waals surface area contributed by atoms with Crippen LogP contribution in [0.2, 0.25) is 0 Å². The fraction of sp³-hybridized carbons (Fsp3) is 0.824. The van der Waals surface area contributed by atoms with Crippen LogP contribution in [0.1, 0.15) is 32.0 Å². The first-order chi connectivity index (χ1) is 12.2. The molecular weight excluding hydrogens is 338 g/mol. The van der Waals surface area contributed by atoms with Crippen molar-refractivity contribution in [2.75, 3.05) is 45.1 Å². The van der Waals surface area contributed by atoms with Gasteiger partial charge in [-0.25, -0.2) is 4.98 Å². The van der Waals surface area contributed by atoms with E-state index in [4.69, 9.17) is 0 Å². The average molecular weight is 368 g/mol. The van der Waals surface area contributed by atoms with Gasteiger partial charge in [0.1, 0.15) is 5.82 Å². The Kier molecular flexibility index (Phi) is 6.72. The number of nitrogens with one attached hydrogen (secondary N) is 1. The Hall–Kier alpha value is -1.12. The maximum atomic E-state index is 12.5. The zero-order valence-corrected chi connectivity index (χ0v) is 15.8. The lowest BCUT2D eigenvalue weighted by Gasteiger charge is -2.30. The van der Waals surface area contributed by atoms with Crippen molar-refractivity contribution in [3.05, 3.63) is 5.82 Å². The minimum Gasteiger partial charge on any atom is -0.396 e. The molecule has 2 saturated heterocycles. The summed E-state index contributed by atoms with van der Waals surface area (Å²) in [5.74, 6) is 1.90. The number of amides is 1. The van der Waals surface area contributed by atoms with Crippen molar-refractivity contribution in [1.29, 1.82) is 0 Å². The van der Waals surface area contributed by atoms with E-state index in [0.717, 1.165) is 38.4 Å². The average Bonchev–Trinajstić information content (AvgIpc) is 3.27. The monoisotopic (exact) mass is 367 g/mol. The number of carbonyl (C=O) groups is 1. The summed E-state index contributed by atoms with van der Waals surface area (Å²) in [5.41, 5.74) is 0. The molecule has 0 aromatic carbocycles. The number of aliphatic hydroxyl groups excluding tert-OH is 1. The molecule has 0 aliphatic carbocycles. The van der Waals surface area contributed by atoms with Crippen LogP contribution in [-0.4, -0.2) is 81.1 Å². The van der Waals surface area contributed by atoms with Crippen LogP contribution >= 0.6 is 11.8 Å². The molecule has 3 heterocycles. The molecule has 0 spiro atoms. The Morgan fingerprint density at radius 3 is 2.72 bits per heavy atom. The minimum absolute atomic E-state index is 0.118. The van der Waals surface area contributed by atoms with Gasteiger partial charge in [0.2, 0.25) is 11.1 Å². The first kappa shape index (κ1) is 18.7. The number of aromatic amines is 1. The number of thioether (sulfide) groups is 1. The van der Waals surface area contributed by atoms with E-state index in [0.29, 0.717) is 23.4 Å². The summed E-state index contributed by atoms with van der Waals surface area (Å²) in [6, 6.07) is 0. The fourth-order valence-corrected chi connectivity index (χ4v) is 4.47. The third kappa shape index (κ3) is 4.95. The highest BCUT2D eigenvalue weighted by Gasteiger charge is 2.35. The summed E-state index contributed by atoms with van der Waals surface area (Å²) in [5, 5.41) is 17.3. The van der Waals surface area contributed by atoms with Gasteiger partial charge < -0.3 is 14.9 Å². The van der Waals surface area contributed by atoms with Gasteiger partial charge in [0.05, 0.1) is 5.75 Å². The fourth-order valence-electron chi connectivity index (χ4n) is 3.75. The highest BCUT2D eigenvalue weighted by atomic mass is 32.2. The molecule has 2 atom stereocenters. The molecule has 2 N–H and O–H groups in total. The van der Waals surface area contributed by atoms with Crippen LogP contribution in [0.4, 0.5) is 0 Å². The number of nitrogens with zero attached hydrogens (tertiary/aromatic N) is 4. The standard InChI is InChI=1S/C17H29N5O2S/c1-2-15-18-17(20-19-15)25-12-16(24)22-9-13(14(10-22)11-23)8-21-6-4-3-5-7-21/h13-14,23H,2-12H2,1H3,(H,18,19,20)/t13-,14-/m1/s1. The number of hydrogen-bond acceptors (Lipinski definition) is 6. The first-order valence-electron chi connectivity index (χ1n) is 9.34. The second-order valence-electron chi connectivity index (χ2n) is 7.07. The van der Waals surface area contributed by atoms with Gasteiger partial charge in [0.25, 0.3) is 0 Å². The maximum Gasteiger partial charge on any atom is 0.233 e. The molecule has 0 saturated carbocycles. The Morgan fingerprint density at radius 1 is 1.28 bits per heavy atom. The van der Waals surface area contributed by atoms with E-state index in [1.807, 2.05) is 11.8 Å². The van der Waals surface area contributed by atoms with Crippen LogP contribution in [-0.2, 0) is 11.2 Å². The second-order valence-corrected chi connectivity index (χ2v) is 8.01. The summed E-state index contributed by atoms with van der Waals surface area (Å²) in [6.45, 7) is 6.92. The third-order valence-electron chi connectivity index (χ3n) is 5.28. The van der Waals surface area contributed by atoms with Gasteiger partial charge in [-0.05, 0) is 31.8 Å². The molecule has 2 fully saturated rings. The molecule has 7 nitrogen and oxygen atoms in total. The third-order valence-corrected chi connectivity index (χ3v) is 6.11. The SMILES string of the molecule is CCc1nc(SCC(=O)N2C[C@@H](CN3CCCCC3)[C@@H](CO)C2)n[nH]1. The number of aryl methyl sites for hydroxylation is 1. The second kappa shape index (κ2) is 9.00. The zero-order chi connectivity index (χ0) is 17.6. The van der Waals surface area contributed by atoms with Crippen LogP contribution in [0.15, 0.2) is 5.16 Å². The van der Waals surface area contributed by atoms with E-state index >= 15 is 0 Å². The number of aromatic nitrogens is 3. The van der Waals surface area contributed by atoms with E-state index in [9.17, 15) is 9.90 Å². The van der Waals surface area contributed by atoms with Crippen molar-refractivity contribution in [1.82, 2.24) is 25.0 Å². The van der Waals surface area contributed by atoms with Crippen LogP contribution in [0.3, 0.4) is 0 Å².